The predicted molar refractivity (Wildman–Crippen MR) is 124 cm³/mol. The van der Waals surface area contributed by atoms with Crippen LogP contribution in [0.2, 0.25) is 0 Å². The van der Waals surface area contributed by atoms with Crippen LogP contribution in [0.5, 0.6) is 0 Å². The lowest BCUT2D eigenvalue weighted by atomic mass is 9.84. The number of nitrogens with zero attached hydrogens (tertiary/aromatic N) is 1. The molecule has 1 N–H and O–H groups in total. The van der Waals surface area contributed by atoms with E-state index in [1.807, 2.05) is 42.2 Å². The number of Topliss-reactive ketones (excluding diaryl/α,β-unsaturated/α-hetero) is 1. The molecule has 1 aliphatic heterocycles. The number of nitrogens with one attached hydrogen (secondary N) is 1. The topological polar surface area (TPSA) is 32.3 Å². The molecule has 2 aromatic carbocycles. The van der Waals surface area contributed by atoms with E-state index in [0.29, 0.717) is 10.7 Å². The molecular formula is C25H30N2OS. The maximum absolute atomic E-state index is 13.5. The van der Waals surface area contributed by atoms with E-state index in [1.54, 1.807) is 0 Å². The zero-order valence-corrected chi connectivity index (χ0v) is 18.8. The van der Waals surface area contributed by atoms with Gasteiger partial charge in [-0.15, -0.1) is 0 Å². The molecular weight excluding hydrogens is 376 g/mol. The van der Waals surface area contributed by atoms with Gasteiger partial charge in [0.1, 0.15) is 0 Å². The second-order valence-corrected chi connectivity index (χ2v) is 8.99. The van der Waals surface area contributed by atoms with E-state index in [-0.39, 0.29) is 17.2 Å². The van der Waals surface area contributed by atoms with Gasteiger partial charge >= 0.3 is 0 Å². The minimum atomic E-state index is -0.252. The van der Waals surface area contributed by atoms with Crippen LogP contribution in [0.25, 0.3) is 0 Å². The Morgan fingerprint density at radius 3 is 2.24 bits per heavy atom. The highest BCUT2D eigenvalue weighted by Crippen LogP contribution is 2.34. The first-order chi connectivity index (χ1) is 13.7. The molecule has 152 valence electrons. The monoisotopic (exact) mass is 406 g/mol. The molecule has 3 nitrogen and oxygen atoms in total. The van der Waals surface area contributed by atoms with Crippen molar-refractivity contribution < 1.29 is 4.79 Å². The third-order valence-corrected chi connectivity index (χ3v) is 5.77. The number of carbonyl (C=O) groups is 1. The zero-order chi connectivity index (χ0) is 21.2. The Bertz CT molecular complexity index is 924. The van der Waals surface area contributed by atoms with Gasteiger partial charge < -0.3 is 10.2 Å². The molecule has 2 aromatic rings. The summed E-state index contributed by atoms with van der Waals surface area (Å²) in [5, 5.41) is 4.12. The highest BCUT2D eigenvalue weighted by molar-refractivity contribution is 7.80. The Labute approximate surface area is 179 Å². The second-order valence-electron chi connectivity index (χ2n) is 8.60. The molecule has 0 radical (unpaired) electrons. The van der Waals surface area contributed by atoms with E-state index >= 15 is 0 Å². The largest absolute Gasteiger partial charge is 0.351 e. The van der Waals surface area contributed by atoms with Gasteiger partial charge in [0.2, 0.25) is 0 Å². The van der Waals surface area contributed by atoms with Gasteiger partial charge in [-0.2, -0.15) is 0 Å². The van der Waals surface area contributed by atoms with Crippen molar-refractivity contribution in [2.75, 3.05) is 6.54 Å². The van der Waals surface area contributed by atoms with Gasteiger partial charge in [-0.25, -0.2) is 0 Å². The Hall–Kier alpha value is -2.46. The quantitative estimate of drug-likeness (QED) is 0.504. The summed E-state index contributed by atoms with van der Waals surface area (Å²) in [4.78, 5) is 15.6. The van der Waals surface area contributed by atoms with E-state index < -0.39 is 0 Å². The summed E-state index contributed by atoms with van der Waals surface area (Å²) in [6, 6.07) is 17.8. The first kappa shape index (κ1) is 21.3. The molecule has 1 atom stereocenters. The molecule has 0 saturated heterocycles. The van der Waals surface area contributed by atoms with Crippen molar-refractivity contribution in [2.24, 2.45) is 0 Å². The SMILES string of the molecule is CCCN1C(=S)NC(c2ccc(C(C)(C)C)cc2)C(C(=O)c2ccccc2)=C1C. The highest BCUT2D eigenvalue weighted by atomic mass is 32.1. The maximum atomic E-state index is 13.5. The van der Waals surface area contributed by atoms with Gasteiger partial charge in [-0.1, -0.05) is 82.3 Å². The first-order valence-corrected chi connectivity index (χ1v) is 10.6. The van der Waals surface area contributed by atoms with Gasteiger partial charge in [0.25, 0.3) is 0 Å². The van der Waals surface area contributed by atoms with Gasteiger partial charge in [0, 0.05) is 23.4 Å². The second kappa shape index (κ2) is 8.50. The molecule has 29 heavy (non-hydrogen) atoms. The van der Waals surface area contributed by atoms with Crippen molar-refractivity contribution in [3.8, 4) is 0 Å². The van der Waals surface area contributed by atoms with Crippen LogP contribution in [0.1, 0.15) is 68.6 Å². The molecule has 1 heterocycles. The fourth-order valence-electron chi connectivity index (χ4n) is 3.74. The maximum Gasteiger partial charge on any atom is 0.193 e. The molecule has 0 aromatic heterocycles. The Morgan fingerprint density at radius 2 is 1.69 bits per heavy atom. The minimum Gasteiger partial charge on any atom is -0.351 e. The predicted octanol–water partition coefficient (Wildman–Crippen LogP) is 5.78. The number of benzene rings is 2. The van der Waals surface area contributed by atoms with Crippen LogP contribution in [-0.4, -0.2) is 22.3 Å². The summed E-state index contributed by atoms with van der Waals surface area (Å²) in [6.45, 7) is 11.5. The van der Waals surface area contributed by atoms with Crippen LogP contribution in [0.4, 0.5) is 0 Å². The van der Waals surface area contributed by atoms with Crippen LogP contribution in [0, 0.1) is 0 Å². The summed E-state index contributed by atoms with van der Waals surface area (Å²) < 4.78 is 0. The van der Waals surface area contributed by atoms with Gasteiger partial charge in [-0.05, 0) is 42.1 Å². The smallest absolute Gasteiger partial charge is 0.193 e. The number of hydrogen-bond acceptors (Lipinski definition) is 2. The van der Waals surface area contributed by atoms with Crippen molar-refractivity contribution in [3.63, 3.8) is 0 Å². The van der Waals surface area contributed by atoms with Crippen LogP contribution in [0.15, 0.2) is 65.9 Å². The van der Waals surface area contributed by atoms with Crippen molar-refractivity contribution in [1.82, 2.24) is 10.2 Å². The summed E-state index contributed by atoms with van der Waals surface area (Å²) in [7, 11) is 0. The standard InChI is InChI=1S/C25H30N2OS/c1-6-16-27-17(2)21(23(28)19-10-8-7-9-11-19)22(26-24(27)29)18-12-14-20(15-13-18)25(3,4)5/h7-15,22H,6,16H2,1-5H3,(H,26,29). The molecule has 1 unspecified atom stereocenters. The molecule has 0 saturated carbocycles. The molecule has 4 heteroatoms. The molecule has 3 rings (SSSR count). The molecule has 0 aliphatic carbocycles. The Balaban J connectivity index is 2.08. The molecule has 0 spiro atoms. The summed E-state index contributed by atoms with van der Waals surface area (Å²) in [5.74, 6) is 0.0455. The fourth-order valence-corrected chi connectivity index (χ4v) is 4.09. The van der Waals surface area contributed by atoms with Crippen LogP contribution in [0.3, 0.4) is 0 Å². The third kappa shape index (κ3) is 4.43. The van der Waals surface area contributed by atoms with Crippen molar-refractivity contribution in [1.29, 1.82) is 0 Å². The van der Waals surface area contributed by atoms with Gasteiger partial charge in [0.15, 0.2) is 10.9 Å². The lowest BCUT2D eigenvalue weighted by Crippen LogP contribution is -2.47. The average molecular weight is 407 g/mol. The lowest BCUT2D eigenvalue weighted by molar-refractivity contribution is 0.102. The summed E-state index contributed by atoms with van der Waals surface area (Å²) >= 11 is 5.66. The number of carbonyl (C=O) groups excluding carboxylic acids is 1. The summed E-state index contributed by atoms with van der Waals surface area (Å²) in [6.07, 6.45) is 0.955. The van der Waals surface area contributed by atoms with Crippen LogP contribution >= 0.6 is 12.2 Å². The normalized spacial score (nSPS) is 17.3. The van der Waals surface area contributed by atoms with Gasteiger partial charge in [0.05, 0.1) is 6.04 Å². The van der Waals surface area contributed by atoms with Crippen LogP contribution in [-0.2, 0) is 5.41 Å². The van der Waals surface area contributed by atoms with E-state index in [2.05, 4.69) is 57.3 Å². The van der Waals surface area contributed by atoms with E-state index in [1.165, 1.54) is 5.56 Å². The number of allylic oxidation sites excluding steroid dienone is 1. The van der Waals surface area contributed by atoms with E-state index in [0.717, 1.165) is 29.8 Å². The molecule has 0 bridgehead atoms. The van der Waals surface area contributed by atoms with Crippen molar-refractivity contribution in [2.45, 2.75) is 52.5 Å². The van der Waals surface area contributed by atoms with Crippen molar-refractivity contribution >= 4 is 23.1 Å². The molecule has 0 amide bonds. The van der Waals surface area contributed by atoms with E-state index in [9.17, 15) is 4.79 Å². The average Bonchev–Trinajstić information content (AvgIpc) is 2.70. The third-order valence-electron chi connectivity index (χ3n) is 5.43. The summed E-state index contributed by atoms with van der Waals surface area (Å²) in [5.41, 5.74) is 4.81. The number of thiocarbonyl (C=S) groups is 1. The molecule has 1 aliphatic rings. The Morgan fingerprint density at radius 1 is 1.07 bits per heavy atom. The zero-order valence-electron chi connectivity index (χ0n) is 18.0. The van der Waals surface area contributed by atoms with Crippen LogP contribution < -0.4 is 5.32 Å². The lowest BCUT2D eigenvalue weighted by Gasteiger charge is -2.38. The fraction of sp³-hybridized carbons (Fsp3) is 0.360. The molecule has 0 fully saturated rings. The van der Waals surface area contributed by atoms with E-state index in [4.69, 9.17) is 12.2 Å². The minimum absolute atomic E-state index is 0.0455. The van der Waals surface area contributed by atoms with Gasteiger partial charge in [-0.3, -0.25) is 4.79 Å². The Kier molecular flexibility index (Phi) is 6.23. The highest BCUT2D eigenvalue weighted by Gasteiger charge is 2.34. The number of ketones is 1. The number of rotatable bonds is 5. The first-order valence-electron chi connectivity index (χ1n) is 10.2. The van der Waals surface area contributed by atoms with Crippen molar-refractivity contribution in [3.05, 3.63) is 82.6 Å². The number of hydrogen-bond donors (Lipinski definition) is 1.